The van der Waals surface area contributed by atoms with E-state index in [0.717, 1.165) is 32.1 Å². The van der Waals surface area contributed by atoms with Gasteiger partial charge in [0.25, 0.3) is 5.91 Å². The average molecular weight is 278 g/mol. The minimum Gasteiger partial charge on any atom is -0.368 e. The second-order valence-corrected chi connectivity index (χ2v) is 5.23. The number of amides is 2. The van der Waals surface area contributed by atoms with Crippen LogP contribution in [-0.2, 0) is 4.79 Å². The molecule has 0 aromatic heterocycles. The van der Waals surface area contributed by atoms with Crippen LogP contribution in [0.15, 0.2) is 24.3 Å². The highest BCUT2D eigenvalue weighted by Gasteiger charge is 2.30. The topological polar surface area (TPSA) is 72.2 Å². The van der Waals surface area contributed by atoms with Gasteiger partial charge in [0.15, 0.2) is 0 Å². The minimum absolute atomic E-state index is 0.0528. The van der Waals surface area contributed by atoms with E-state index in [9.17, 15) is 14.0 Å². The fourth-order valence-corrected chi connectivity index (χ4v) is 2.75. The molecule has 0 bridgehead atoms. The number of hydrogen-bond acceptors (Lipinski definition) is 2. The summed E-state index contributed by atoms with van der Waals surface area (Å²) in [6.07, 6.45) is 4.94. The van der Waals surface area contributed by atoms with Crippen molar-refractivity contribution in [2.24, 2.45) is 11.7 Å². The second kappa shape index (κ2) is 6.50. The molecule has 0 spiro atoms. The van der Waals surface area contributed by atoms with Gasteiger partial charge in [-0.25, -0.2) is 4.39 Å². The maximum absolute atomic E-state index is 13.6. The molecule has 0 heterocycles. The molecule has 20 heavy (non-hydrogen) atoms. The molecular formula is C15H19FN2O2. The third-order valence-corrected chi connectivity index (χ3v) is 3.83. The zero-order valence-corrected chi connectivity index (χ0v) is 11.3. The van der Waals surface area contributed by atoms with Crippen LogP contribution in [0.3, 0.4) is 0 Å². The molecule has 1 saturated carbocycles. The first-order valence-corrected chi connectivity index (χ1v) is 6.94. The summed E-state index contributed by atoms with van der Waals surface area (Å²) in [6.45, 7) is 0. The summed E-state index contributed by atoms with van der Waals surface area (Å²) >= 11 is 0. The number of carbonyl (C=O) groups excluding carboxylic acids is 2. The standard InChI is InChI=1S/C15H19FN2O2/c16-12-9-5-4-8-11(12)15(20)18-13(14(17)19)10-6-2-1-3-7-10/h4-5,8-10,13H,1-3,6-7H2,(H2,17,19)(H,18,20)/t13-/m0/s1. The first-order valence-electron chi connectivity index (χ1n) is 6.94. The van der Waals surface area contributed by atoms with Crippen LogP contribution in [0.1, 0.15) is 42.5 Å². The lowest BCUT2D eigenvalue weighted by Crippen LogP contribution is -2.49. The van der Waals surface area contributed by atoms with E-state index in [1.54, 1.807) is 6.07 Å². The summed E-state index contributed by atoms with van der Waals surface area (Å²) in [6, 6.07) is 4.98. The Bertz CT molecular complexity index is 498. The predicted molar refractivity (Wildman–Crippen MR) is 73.4 cm³/mol. The van der Waals surface area contributed by atoms with E-state index in [0.29, 0.717) is 0 Å². The summed E-state index contributed by atoms with van der Waals surface area (Å²) < 4.78 is 13.6. The Balaban J connectivity index is 2.10. The Labute approximate surface area is 117 Å². The molecule has 108 valence electrons. The van der Waals surface area contributed by atoms with E-state index >= 15 is 0 Å². The molecule has 4 nitrogen and oxygen atoms in total. The van der Waals surface area contributed by atoms with Crippen molar-refractivity contribution < 1.29 is 14.0 Å². The molecule has 1 atom stereocenters. The smallest absolute Gasteiger partial charge is 0.254 e. The van der Waals surface area contributed by atoms with E-state index in [-0.39, 0.29) is 11.5 Å². The lowest BCUT2D eigenvalue weighted by Gasteiger charge is -2.28. The summed E-state index contributed by atoms with van der Waals surface area (Å²) in [5.74, 6) is -1.69. The Hall–Kier alpha value is -1.91. The van der Waals surface area contributed by atoms with Crippen LogP contribution in [0.5, 0.6) is 0 Å². The molecule has 0 unspecified atom stereocenters. The van der Waals surface area contributed by atoms with E-state index in [4.69, 9.17) is 5.73 Å². The molecule has 1 aliphatic rings. The van der Waals surface area contributed by atoms with Gasteiger partial charge in [0, 0.05) is 0 Å². The summed E-state index contributed by atoms with van der Waals surface area (Å²) in [4.78, 5) is 23.6. The lowest BCUT2D eigenvalue weighted by atomic mass is 9.83. The number of hydrogen-bond donors (Lipinski definition) is 2. The van der Waals surface area contributed by atoms with Crippen LogP contribution >= 0.6 is 0 Å². The Morgan fingerprint density at radius 3 is 2.45 bits per heavy atom. The molecule has 0 radical (unpaired) electrons. The molecule has 0 aliphatic heterocycles. The molecule has 3 N–H and O–H groups in total. The Morgan fingerprint density at radius 1 is 1.20 bits per heavy atom. The zero-order valence-electron chi connectivity index (χ0n) is 11.3. The number of nitrogens with one attached hydrogen (secondary N) is 1. The van der Waals surface area contributed by atoms with E-state index in [2.05, 4.69) is 5.32 Å². The molecule has 2 rings (SSSR count). The largest absolute Gasteiger partial charge is 0.368 e. The molecule has 2 amide bonds. The number of primary amides is 1. The van der Waals surface area contributed by atoms with E-state index < -0.39 is 23.7 Å². The highest BCUT2D eigenvalue weighted by Crippen LogP contribution is 2.26. The first-order chi connectivity index (χ1) is 9.59. The van der Waals surface area contributed by atoms with Gasteiger partial charge in [0.1, 0.15) is 11.9 Å². The zero-order chi connectivity index (χ0) is 14.5. The van der Waals surface area contributed by atoms with Gasteiger partial charge in [-0.15, -0.1) is 0 Å². The Kier molecular flexibility index (Phi) is 4.71. The molecule has 0 saturated heterocycles. The summed E-state index contributed by atoms with van der Waals surface area (Å²) in [5.41, 5.74) is 5.32. The molecule has 1 aliphatic carbocycles. The molecular weight excluding hydrogens is 259 g/mol. The first kappa shape index (κ1) is 14.5. The van der Waals surface area contributed by atoms with Crippen molar-refractivity contribution in [2.75, 3.05) is 0 Å². The number of rotatable bonds is 4. The average Bonchev–Trinajstić information content (AvgIpc) is 2.45. The predicted octanol–water partition coefficient (Wildman–Crippen LogP) is 1.99. The molecule has 1 fully saturated rings. The van der Waals surface area contributed by atoms with E-state index in [1.165, 1.54) is 18.2 Å². The lowest BCUT2D eigenvalue weighted by molar-refractivity contribution is -0.121. The normalized spacial score (nSPS) is 17.4. The van der Waals surface area contributed by atoms with Gasteiger partial charge in [-0.05, 0) is 30.9 Å². The van der Waals surface area contributed by atoms with Crippen molar-refractivity contribution >= 4 is 11.8 Å². The SMILES string of the molecule is NC(=O)[C@@H](NC(=O)c1ccccc1F)C1CCCCC1. The van der Waals surface area contributed by atoms with Gasteiger partial charge in [0.05, 0.1) is 5.56 Å². The number of nitrogens with two attached hydrogens (primary N) is 1. The highest BCUT2D eigenvalue weighted by molar-refractivity contribution is 5.97. The second-order valence-electron chi connectivity index (χ2n) is 5.23. The van der Waals surface area contributed by atoms with Gasteiger partial charge in [-0.1, -0.05) is 31.4 Å². The molecule has 1 aromatic carbocycles. The number of carbonyl (C=O) groups is 2. The van der Waals surface area contributed by atoms with Crippen LogP contribution in [-0.4, -0.2) is 17.9 Å². The molecule has 5 heteroatoms. The van der Waals surface area contributed by atoms with Crippen molar-refractivity contribution in [1.82, 2.24) is 5.32 Å². The van der Waals surface area contributed by atoms with Gasteiger partial charge >= 0.3 is 0 Å². The highest BCUT2D eigenvalue weighted by atomic mass is 19.1. The van der Waals surface area contributed by atoms with Crippen LogP contribution in [0, 0.1) is 11.7 Å². The number of benzene rings is 1. The van der Waals surface area contributed by atoms with Crippen molar-refractivity contribution in [3.8, 4) is 0 Å². The monoisotopic (exact) mass is 278 g/mol. The van der Waals surface area contributed by atoms with Crippen LogP contribution in [0.25, 0.3) is 0 Å². The number of halogens is 1. The van der Waals surface area contributed by atoms with Crippen molar-refractivity contribution in [2.45, 2.75) is 38.1 Å². The Morgan fingerprint density at radius 2 is 1.85 bits per heavy atom. The van der Waals surface area contributed by atoms with Crippen molar-refractivity contribution in [3.05, 3.63) is 35.6 Å². The maximum atomic E-state index is 13.6. The fourth-order valence-electron chi connectivity index (χ4n) is 2.75. The third kappa shape index (κ3) is 3.35. The van der Waals surface area contributed by atoms with Crippen molar-refractivity contribution in [3.63, 3.8) is 0 Å². The molecule has 1 aromatic rings. The van der Waals surface area contributed by atoms with Gasteiger partial charge in [-0.3, -0.25) is 9.59 Å². The van der Waals surface area contributed by atoms with Gasteiger partial charge in [-0.2, -0.15) is 0 Å². The van der Waals surface area contributed by atoms with E-state index in [1.807, 2.05) is 0 Å². The van der Waals surface area contributed by atoms with Gasteiger partial charge in [0.2, 0.25) is 5.91 Å². The fraction of sp³-hybridized carbons (Fsp3) is 0.467. The quantitative estimate of drug-likeness (QED) is 0.884. The van der Waals surface area contributed by atoms with Gasteiger partial charge < -0.3 is 11.1 Å². The maximum Gasteiger partial charge on any atom is 0.254 e. The van der Waals surface area contributed by atoms with Crippen molar-refractivity contribution in [1.29, 1.82) is 0 Å². The minimum atomic E-state index is -0.720. The summed E-state index contributed by atoms with van der Waals surface area (Å²) in [5, 5.41) is 2.59. The summed E-state index contributed by atoms with van der Waals surface area (Å²) in [7, 11) is 0. The van der Waals surface area contributed by atoms with Crippen LogP contribution in [0.4, 0.5) is 4.39 Å². The van der Waals surface area contributed by atoms with Crippen LogP contribution in [0.2, 0.25) is 0 Å². The third-order valence-electron chi connectivity index (χ3n) is 3.83. The van der Waals surface area contributed by atoms with Crippen LogP contribution < -0.4 is 11.1 Å².